The Labute approximate surface area is 129 Å². The van der Waals surface area contributed by atoms with E-state index in [1.165, 1.54) is 11.8 Å². The molecule has 1 amide bonds. The maximum Gasteiger partial charge on any atom is 0.312 e. The Balaban J connectivity index is 1.75. The van der Waals surface area contributed by atoms with Gasteiger partial charge in [0.15, 0.2) is 5.76 Å². The maximum atomic E-state index is 11.7. The smallest absolute Gasteiger partial charge is 0.312 e. The van der Waals surface area contributed by atoms with Crippen LogP contribution in [0.2, 0.25) is 0 Å². The lowest BCUT2D eigenvalue weighted by Crippen LogP contribution is -2.26. The molecule has 1 aromatic carbocycles. The van der Waals surface area contributed by atoms with Gasteiger partial charge in [0, 0.05) is 6.54 Å². The summed E-state index contributed by atoms with van der Waals surface area (Å²) in [6.07, 6.45) is 1.52. The van der Waals surface area contributed by atoms with E-state index >= 15 is 0 Å². The van der Waals surface area contributed by atoms with Crippen LogP contribution in [0, 0.1) is 0 Å². The fraction of sp³-hybridized carbons (Fsp3) is 0.294. The van der Waals surface area contributed by atoms with Gasteiger partial charge in [0.1, 0.15) is 5.75 Å². The Morgan fingerprint density at radius 3 is 2.50 bits per heavy atom. The van der Waals surface area contributed by atoms with Gasteiger partial charge in [-0.1, -0.05) is 26.0 Å². The number of benzene rings is 1. The molecule has 1 aromatic heterocycles. The molecule has 2 aromatic rings. The molecule has 0 aliphatic heterocycles. The van der Waals surface area contributed by atoms with Gasteiger partial charge in [0.05, 0.1) is 12.7 Å². The third kappa shape index (κ3) is 4.48. The van der Waals surface area contributed by atoms with Crippen LogP contribution in [0.15, 0.2) is 47.1 Å². The Bertz CT molecular complexity index is 615. The van der Waals surface area contributed by atoms with Crippen LogP contribution < -0.4 is 10.1 Å². The summed E-state index contributed by atoms with van der Waals surface area (Å²) in [5.41, 5.74) is 1.19. The van der Waals surface area contributed by atoms with Crippen LogP contribution >= 0.6 is 0 Å². The van der Waals surface area contributed by atoms with Gasteiger partial charge < -0.3 is 14.5 Å². The van der Waals surface area contributed by atoms with Gasteiger partial charge in [0.25, 0.3) is 5.91 Å². The van der Waals surface area contributed by atoms with Crippen molar-refractivity contribution in [3.8, 4) is 5.75 Å². The average Bonchev–Trinajstić information content (AvgIpc) is 3.02. The molecule has 0 fully saturated rings. The highest BCUT2D eigenvalue weighted by atomic mass is 16.5. The zero-order valence-electron chi connectivity index (χ0n) is 12.7. The van der Waals surface area contributed by atoms with Crippen LogP contribution in [0.5, 0.6) is 5.75 Å². The Morgan fingerprint density at radius 2 is 1.91 bits per heavy atom. The predicted octanol–water partition coefficient (Wildman–Crippen LogP) is 3.13. The van der Waals surface area contributed by atoms with Crippen LogP contribution in [0.3, 0.4) is 0 Å². The van der Waals surface area contributed by atoms with E-state index in [0.29, 0.717) is 11.7 Å². The van der Waals surface area contributed by atoms with E-state index in [-0.39, 0.29) is 24.6 Å². The number of carbonyl (C=O) groups is 2. The maximum absolute atomic E-state index is 11.7. The molecule has 0 atom stereocenters. The summed E-state index contributed by atoms with van der Waals surface area (Å²) >= 11 is 0. The molecular weight excluding hydrogens is 282 g/mol. The third-order valence-corrected chi connectivity index (χ3v) is 3.14. The lowest BCUT2D eigenvalue weighted by atomic mass is 10.0. The summed E-state index contributed by atoms with van der Waals surface area (Å²) < 4.78 is 10.2. The van der Waals surface area contributed by atoms with Crippen molar-refractivity contribution in [1.82, 2.24) is 5.32 Å². The first-order chi connectivity index (χ1) is 10.6. The Kier molecular flexibility index (Phi) is 5.36. The highest BCUT2D eigenvalue weighted by Gasteiger charge is 2.10. The van der Waals surface area contributed by atoms with E-state index in [4.69, 9.17) is 9.15 Å². The molecule has 0 radical (unpaired) electrons. The molecule has 5 heteroatoms. The third-order valence-electron chi connectivity index (χ3n) is 3.14. The number of ether oxygens (including phenoxy) is 1. The zero-order chi connectivity index (χ0) is 15.9. The van der Waals surface area contributed by atoms with Crippen molar-refractivity contribution in [2.45, 2.75) is 26.2 Å². The number of carbonyl (C=O) groups excluding carboxylic acids is 2. The van der Waals surface area contributed by atoms with E-state index < -0.39 is 5.97 Å². The molecule has 1 heterocycles. The van der Waals surface area contributed by atoms with Gasteiger partial charge in [0.2, 0.25) is 0 Å². The zero-order valence-corrected chi connectivity index (χ0v) is 12.7. The number of rotatable bonds is 6. The number of nitrogens with one attached hydrogen (secondary N) is 1. The minimum absolute atomic E-state index is 0.0956. The van der Waals surface area contributed by atoms with Crippen molar-refractivity contribution < 1.29 is 18.7 Å². The molecule has 22 heavy (non-hydrogen) atoms. The minimum Gasteiger partial charge on any atom is -0.459 e. The van der Waals surface area contributed by atoms with Gasteiger partial charge in [-0.3, -0.25) is 9.59 Å². The van der Waals surface area contributed by atoms with Gasteiger partial charge >= 0.3 is 5.97 Å². The topological polar surface area (TPSA) is 68.5 Å². The monoisotopic (exact) mass is 301 g/mol. The molecule has 1 N–H and O–H groups in total. The first kappa shape index (κ1) is 15.8. The van der Waals surface area contributed by atoms with Crippen LogP contribution in [-0.4, -0.2) is 18.4 Å². The first-order valence-electron chi connectivity index (χ1n) is 7.18. The predicted molar refractivity (Wildman–Crippen MR) is 81.8 cm³/mol. The number of esters is 1. The Hall–Kier alpha value is -2.56. The van der Waals surface area contributed by atoms with Gasteiger partial charge in [-0.05, 0) is 35.7 Å². The molecule has 5 nitrogen and oxygen atoms in total. The second-order valence-electron chi connectivity index (χ2n) is 5.18. The second kappa shape index (κ2) is 7.45. The standard InChI is InChI=1S/C17H19NO4/c1-12(2)13-5-7-14(8-6-13)22-16(19)9-10-18-17(20)15-4-3-11-21-15/h3-8,11-12H,9-10H2,1-2H3,(H,18,20). The van der Waals surface area contributed by atoms with Crippen LogP contribution in [0.25, 0.3) is 0 Å². The lowest BCUT2D eigenvalue weighted by molar-refractivity contribution is -0.134. The summed E-state index contributed by atoms with van der Waals surface area (Å²) in [6.45, 7) is 4.40. The van der Waals surface area contributed by atoms with E-state index in [0.717, 1.165) is 0 Å². The second-order valence-corrected chi connectivity index (χ2v) is 5.18. The SMILES string of the molecule is CC(C)c1ccc(OC(=O)CCNC(=O)c2ccco2)cc1. The van der Waals surface area contributed by atoms with Crippen molar-refractivity contribution in [2.24, 2.45) is 0 Å². The van der Waals surface area contributed by atoms with Crippen molar-refractivity contribution in [1.29, 1.82) is 0 Å². The van der Waals surface area contributed by atoms with Crippen molar-refractivity contribution in [2.75, 3.05) is 6.54 Å². The van der Waals surface area contributed by atoms with Crippen LogP contribution in [0.4, 0.5) is 0 Å². The lowest BCUT2D eigenvalue weighted by Gasteiger charge is -2.08. The molecule has 0 saturated heterocycles. The average molecular weight is 301 g/mol. The van der Waals surface area contributed by atoms with Crippen molar-refractivity contribution in [3.05, 3.63) is 54.0 Å². The first-order valence-corrected chi connectivity index (χ1v) is 7.18. The summed E-state index contributed by atoms with van der Waals surface area (Å²) in [5.74, 6) is 0.419. The molecule has 0 saturated carbocycles. The Morgan fingerprint density at radius 1 is 1.18 bits per heavy atom. The van der Waals surface area contributed by atoms with E-state index in [1.807, 2.05) is 12.1 Å². The highest BCUT2D eigenvalue weighted by Crippen LogP contribution is 2.18. The summed E-state index contributed by atoms with van der Waals surface area (Å²) in [7, 11) is 0. The summed E-state index contributed by atoms with van der Waals surface area (Å²) in [4.78, 5) is 23.3. The molecule has 2 rings (SSSR count). The summed E-state index contributed by atoms with van der Waals surface area (Å²) in [6, 6.07) is 10.6. The highest BCUT2D eigenvalue weighted by molar-refractivity contribution is 5.91. The van der Waals surface area contributed by atoms with Crippen molar-refractivity contribution >= 4 is 11.9 Å². The number of furan rings is 1. The number of hydrogen-bond acceptors (Lipinski definition) is 4. The molecule has 0 bridgehead atoms. The molecule has 0 spiro atoms. The molecule has 116 valence electrons. The van der Waals surface area contributed by atoms with Crippen LogP contribution in [-0.2, 0) is 4.79 Å². The fourth-order valence-electron chi connectivity index (χ4n) is 1.88. The van der Waals surface area contributed by atoms with Gasteiger partial charge in [-0.15, -0.1) is 0 Å². The fourth-order valence-corrected chi connectivity index (χ4v) is 1.88. The number of hydrogen-bond donors (Lipinski definition) is 1. The largest absolute Gasteiger partial charge is 0.459 e. The van der Waals surface area contributed by atoms with E-state index in [9.17, 15) is 9.59 Å². The quantitative estimate of drug-likeness (QED) is 0.657. The molecule has 0 aliphatic carbocycles. The van der Waals surface area contributed by atoms with Crippen molar-refractivity contribution in [3.63, 3.8) is 0 Å². The van der Waals surface area contributed by atoms with E-state index in [2.05, 4.69) is 19.2 Å². The normalized spacial score (nSPS) is 10.5. The van der Waals surface area contributed by atoms with E-state index in [1.54, 1.807) is 24.3 Å². The molecular formula is C17H19NO4. The van der Waals surface area contributed by atoms with Gasteiger partial charge in [-0.25, -0.2) is 0 Å². The summed E-state index contributed by atoms with van der Waals surface area (Å²) in [5, 5.41) is 2.59. The molecule has 0 aliphatic rings. The minimum atomic E-state index is -0.392. The molecule has 0 unspecified atom stereocenters. The van der Waals surface area contributed by atoms with Gasteiger partial charge in [-0.2, -0.15) is 0 Å². The van der Waals surface area contributed by atoms with Crippen LogP contribution in [0.1, 0.15) is 42.3 Å². The number of amides is 1.